The zero-order chi connectivity index (χ0) is 9.68. The van der Waals surface area contributed by atoms with Gasteiger partial charge in [0.2, 0.25) is 11.8 Å². The molecule has 0 aromatic carbocycles. The Labute approximate surface area is 75.6 Å². The number of nitrogens with two attached hydrogens (primary N) is 2. The SMILES string of the molecule is C=CCOc1cc(NN)nc(N)n1. The van der Waals surface area contributed by atoms with Crippen LogP contribution in [0.1, 0.15) is 0 Å². The van der Waals surface area contributed by atoms with E-state index >= 15 is 0 Å². The Morgan fingerprint density at radius 3 is 3.00 bits per heavy atom. The van der Waals surface area contributed by atoms with Gasteiger partial charge in [-0.3, -0.25) is 0 Å². The maximum absolute atomic E-state index is 5.38. The van der Waals surface area contributed by atoms with Gasteiger partial charge in [-0.15, -0.1) is 0 Å². The molecule has 0 unspecified atom stereocenters. The first-order chi connectivity index (χ1) is 6.26. The van der Waals surface area contributed by atoms with Crippen LogP contribution >= 0.6 is 0 Å². The van der Waals surface area contributed by atoms with Crippen molar-refractivity contribution in [3.05, 3.63) is 18.7 Å². The van der Waals surface area contributed by atoms with Gasteiger partial charge in [0.15, 0.2) is 0 Å². The van der Waals surface area contributed by atoms with Gasteiger partial charge in [-0.1, -0.05) is 12.7 Å². The summed E-state index contributed by atoms with van der Waals surface area (Å²) in [5.74, 6) is 6.02. The second kappa shape index (κ2) is 4.27. The predicted molar refractivity (Wildman–Crippen MR) is 49.9 cm³/mol. The van der Waals surface area contributed by atoms with Crippen molar-refractivity contribution in [1.82, 2.24) is 9.97 Å². The molecule has 1 heterocycles. The lowest BCUT2D eigenvalue weighted by Gasteiger charge is -2.04. The molecule has 0 atom stereocenters. The second-order valence-corrected chi connectivity index (χ2v) is 2.19. The van der Waals surface area contributed by atoms with Crippen LogP contribution in [0.4, 0.5) is 11.8 Å². The summed E-state index contributed by atoms with van der Waals surface area (Å²) in [4.78, 5) is 7.61. The van der Waals surface area contributed by atoms with Crippen molar-refractivity contribution in [2.75, 3.05) is 17.8 Å². The Kier molecular flexibility index (Phi) is 3.04. The van der Waals surface area contributed by atoms with Gasteiger partial charge in [-0.05, 0) is 0 Å². The smallest absolute Gasteiger partial charge is 0.225 e. The van der Waals surface area contributed by atoms with Crippen molar-refractivity contribution in [2.45, 2.75) is 0 Å². The van der Waals surface area contributed by atoms with Crippen molar-refractivity contribution < 1.29 is 4.74 Å². The zero-order valence-electron chi connectivity index (χ0n) is 7.03. The van der Waals surface area contributed by atoms with E-state index in [9.17, 15) is 0 Å². The molecule has 0 fully saturated rings. The fourth-order valence-corrected chi connectivity index (χ4v) is 0.735. The Morgan fingerprint density at radius 2 is 2.38 bits per heavy atom. The van der Waals surface area contributed by atoms with Crippen LogP contribution in [0.3, 0.4) is 0 Å². The van der Waals surface area contributed by atoms with Gasteiger partial charge >= 0.3 is 0 Å². The van der Waals surface area contributed by atoms with Crippen molar-refractivity contribution in [3.8, 4) is 5.88 Å². The summed E-state index contributed by atoms with van der Waals surface area (Å²) in [6.07, 6.45) is 1.61. The summed E-state index contributed by atoms with van der Waals surface area (Å²) in [5.41, 5.74) is 7.73. The highest BCUT2D eigenvalue weighted by atomic mass is 16.5. The van der Waals surface area contributed by atoms with E-state index in [4.69, 9.17) is 16.3 Å². The molecule has 70 valence electrons. The lowest BCUT2D eigenvalue weighted by atomic mass is 10.5. The second-order valence-electron chi connectivity index (χ2n) is 2.19. The number of hydrogen-bond acceptors (Lipinski definition) is 6. The Bertz CT molecular complexity index is 301. The van der Waals surface area contributed by atoms with Crippen molar-refractivity contribution in [3.63, 3.8) is 0 Å². The number of nitrogens with one attached hydrogen (secondary N) is 1. The summed E-state index contributed by atoms with van der Waals surface area (Å²) < 4.78 is 5.13. The molecule has 1 aromatic heterocycles. The molecule has 6 nitrogen and oxygen atoms in total. The number of aromatic nitrogens is 2. The minimum atomic E-state index is 0.106. The molecule has 0 amide bonds. The van der Waals surface area contributed by atoms with Gasteiger partial charge < -0.3 is 15.9 Å². The van der Waals surface area contributed by atoms with E-state index in [-0.39, 0.29) is 5.95 Å². The summed E-state index contributed by atoms with van der Waals surface area (Å²) in [6.45, 7) is 3.86. The molecule has 1 rings (SSSR count). The standard InChI is InChI=1S/C7H11N5O/c1-2-3-13-6-4-5(12-9)10-7(8)11-6/h2,4H,1,3,9H2,(H3,8,10,11,12). The third-order valence-corrected chi connectivity index (χ3v) is 1.22. The Hall–Kier alpha value is -1.82. The summed E-state index contributed by atoms with van der Waals surface area (Å²) in [6, 6.07) is 1.54. The molecule has 6 heteroatoms. The molecular weight excluding hydrogens is 170 g/mol. The van der Waals surface area contributed by atoms with Crippen LogP contribution in [0.25, 0.3) is 0 Å². The normalized spacial score (nSPS) is 9.31. The minimum Gasteiger partial charge on any atom is -0.473 e. The van der Waals surface area contributed by atoms with Gasteiger partial charge in [0.1, 0.15) is 12.4 Å². The monoisotopic (exact) mass is 181 g/mol. The highest BCUT2D eigenvalue weighted by Gasteiger charge is 2.00. The third kappa shape index (κ3) is 2.60. The molecule has 0 aliphatic rings. The molecule has 0 aliphatic heterocycles. The highest BCUT2D eigenvalue weighted by Crippen LogP contribution is 2.13. The predicted octanol–water partition coefficient (Wildman–Crippen LogP) is -0.0908. The number of nitrogen functional groups attached to an aromatic ring is 2. The lowest BCUT2D eigenvalue weighted by Crippen LogP contribution is -2.11. The summed E-state index contributed by atoms with van der Waals surface area (Å²) in [7, 11) is 0. The molecule has 0 saturated carbocycles. The van der Waals surface area contributed by atoms with Crippen LogP contribution in [0.2, 0.25) is 0 Å². The zero-order valence-corrected chi connectivity index (χ0v) is 7.03. The number of hydrazine groups is 1. The van der Waals surface area contributed by atoms with E-state index in [0.29, 0.717) is 18.3 Å². The molecular formula is C7H11N5O. The average molecular weight is 181 g/mol. The van der Waals surface area contributed by atoms with E-state index in [1.807, 2.05) is 0 Å². The quantitative estimate of drug-likeness (QED) is 0.341. The number of nitrogens with zero attached hydrogens (tertiary/aromatic N) is 2. The van der Waals surface area contributed by atoms with Crippen LogP contribution in [-0.4, -0.2) is 16.6 Å². The topological polar surface area (TPSA) is 99.1 Å². The molecule has 0 bridgehead atoms. The van der Waals surface area contributed by atoms with Crippen molar-refractivity contribution in [1.29, 1.82) is 0 Å². The van der Waals surface area contributed by atoms with Gasteiger partial charge in [0.05, 0.1) is 0 Å². The molecule has 13 heavy (non-hydrogen) atoms. The largest absolute Gasteiger partial charge is 0.473 e. The Balaban J connectivity index is 2.81. The Morgan fingerprint density at radius 1 is 1.62 bits per heavy atom. The van der Waals surface area contributed by atoms with E-state index in [1.165, 1.54) is 0 Å². The fourth-order valence-electron chi connectivity index (χ4n) is 0.735. The third-order valence-electron chi connectivity index (χ3n) is 1.22. The lowest BCUT2D eigenvalue weighted by molar-refractivity contribution is 0.349. The van der Waals surface area contributed by atoms with Gasteiger partial charge in [-0.2, -0.15) is 9.97 Å². The average Bonchev–Trinajstić information content (AvgIpc) is 2.14. The van der Waals surface area contributed by atoms with Crippen LogP contribution in [0, 0.1) is 0 Å². The molecule has 0 spiro atoms. The van der Waals surface area contributed by atoms with Gasteiger partial charge in [-0.25, -0.2) is 5.84 Å². The van der Waals surface area contributed by atoms with Crippen LogP contribution in [-0.2, 0) is 0 Å². The maximum atomic E-state index is 5.38. The molecule has 5 N–H and O–H groups in total. The number of ether oxygens (including phenoxy) is 1. The van der Waals surface area contributed by atoms with Crippen molar-refractivity contribution >= 4 is 11.8 Å². The van der Waals surface area contributed by atoms with Gasteiger partial charge in [0, 0.05) is 6.07 Å². The summed E-state index contributed by atoms with van der Waals surface area (Å²) in [5, 5.41) is 0. The first-order valence-electron chi connectivity index (χ1n) is 3.61. The highest BCUT2D eigenvalue weighted by molar-refractivity contribution is 5.41. The minimum absolute atomic E-state index is 0.106. The van der Waals surface area contributed by atoms with E-state index in [0.717, 1.165) is 0 Å². The summed E-state index contributed by atoms with van der Waals surface area (Å²) >= 11 is 0. The van der Waals surface area contributed by atoms with E-state index in [2.05, 4.69) is 22.0 Å². The van der Waals surface area contributed by atoms with Crippen LogP contribution in [0.5, 0.6) is 5.88 Å². The van der Waals surface area contributed by atoms with E-state index < -0.39 is 0 Å². The number of anilines is 2. The molecule has 1 aromatic rings. The van der Waals surface area contributed by atoms with Crippen LogP contribution in [0.15, 0.2) is 18.7 Å². The molecule has 0 radical (unpaired) electrons. The van der Waals surface area contributed by atoms with Crippen LogP contribution < -0.4 is 21.7 Å². The molecule has 0 saturated heterocycles. The maximum Gasteiger partial charge on any atom is 0.225 e. The fraction of sp³-hybridized carbons (Fsp3) is 0.143. The molecule has 0 aliphatic carbocycles. The number of hydrogen-bond donors (Lipinski definition) is 3. The van der Waals surface area contributed by atoms with Crippen molar-refractivity contribution in [2.24, 2.45) is 5.84 Å². The first-order valence-corrected chi connectivity index (χ1v) is 3.61. The number of rotatable bonds is 4. The van der Waals surface area contributed by atoms with E-state index in [1.54, 1.807) is 12.1 Å². The first kappa shape index (κ1) is 9.27. The van der Waals surface area contributed by atoms with Gasteiger partial charge in [0.25, 0.3) is 0 Å².